The molecule has 0 saturated carbocycles. The minimum absolute atomic E-state index is 0.0588. The van der Waals surface area contributed by atoms with E-state index in [0.717, 1.165) is 15.4 Å². The van der Waals surface area contributed by atoms with Crippen LogP contribution in [-0.4, -0.2) is 28.3 Å². The molecule has 0 fully saturated rings. The van der Waals surface area contributed by atoms with Crippen molar-refractivity contribution in [3.8, 4) is 5.75 Å². The topological polar surface area (TPSA) is 114 Å². The number of nitrogens with zero attached hydrogens (tertiary/aromatic N) is 2. The third-order valence-electron chi connectivity index (χ3n) is 5.10. The fourth-order valence-corrected chi connectivity index (χ4v) is 3.67. The van der Waals surface area contributed by atoms with Crippen molar-refractivity contribution in [2.75, 3.05) is 17.7 Å². The summed E-state index contributed by atoms with van der Waals surface area (Å²) in [4.78, 5) is 37.2. The van der Waals surface area contributed by atoms with Crippen LogP contribution in [0.3, 0.4) is 0 Å². The molecular weight excluding hydrogens is 456 g/mol. The Morgan fingerprint density at radius 2 is 1.68 bits per heavy atom. The second kappa shape index (κ2) is 10.7. The Kier molecular flexibility index (Phi) is 7.75. The molecule has 0 bridgehead atoms. The zero-order valence-electron chi connectivity index (χ0n) is 18.8. The summed E-state index contributed by atoms with van der Waals surface area (Å²) in [5, 5.41) is 16.8. The van der Waals surface area contributed by atoms with Gasteiger partial charge in [-0.05, 0) is 43.2 Å². The number of hydrogen-bond donors (Lipinski definition) is 3. The molecule has 1 atom stereocenters. The number of ether oxygens (including phenoxy) is 1. The summed E-state index contributed by atoms with van der Waals surface area (Å²) in [6, 6.07) is 16.3. The van der Waals surface area contributed by atoms with Crippen LogP contribution in [0, 0.1) is 24.0 Å². The van der Waals surface area contributed by atoms with Crippen molar-refractivity contribution in [2.45, 2.75) is 19.9 Å². The fraction of sp³-hybridized carbons (Fsp3) is 0.167. The second-order valence-electron chi connectivity index (χ2n) is 7.54. The van der Waals surface area contributed by atoms with Crippen molar-refractivity contribution >= 4 is 41.8 Å². The summed E-state index contributed by atoms with van der Waals surface area (Å²) in [6.45, 7) is 3.82. The van der Waals surface area contributed by atoms with Gasteiger partial charge in [-0.25, -0.2) is 4.79 Å². The number of carbonyl (C=O) groups is 2. The number of benzene rings is 3. The van der Waals surface area contributed by atoms with E-state index in [4.69, 9.17) is 4.74 Å². The molecule has 2 N–H and O–H groups in total. The molecule has 0 spiro atoms. The average Bonchev–Trinajstić information content (AvgIpc) is 2.81. The van der Waals surface area contributed by atoms with Gasteiger partial charge in [-0.3, -0.25) is 19.2 Å². The molecule has 0 aliphatic carbocycles. The van der Waals surface area contributed by atoms with Crippen LogP contribution in [0.1, 0.15) is 22.7 Å². The number of nitrogens with one attached hydrogen (secondary N) is 2. The standard InChI is InChI=1S/C24H24N4O5S/c1-15-9-11-19(16(2)13-15)25-23(29)22(17-7-5-4-6-8-17)27(34)24(30)26-20-12-10-18(33-3)14-21(20)28(31)32/h4-14,22,34H,1-3H3,(H,25,29)(H,26,30). The molecule has 3 aromatic rings. The van der Waals surface area contributed by atoms with Gasteiger partial charge in [0.05, 0.1) is 18.1 Å². The third kappa shape index (κ3) is 5.65. The Morgan fingerprint density at radius 3 is 2.29 bits per heavy atom. The quantitative estimate of drug-likeness (QED) is 0.242. The molecule has 0 aromatic heterocycles. The van der Waals surface area contributed by atoms with Crippen LogP contribution >= 0.6 is 12.8 Å². The summed E-state index contributed by atoms with van der Waals surface area (Å²) in [7, 11) is 1.38. The minimum atomic E-state index is -1.12. The van der Waals surface area contributed by atoms with Crippen molar-refractivity contribution < 1.29 is 19.2 Å². The van der Waals surface area contributed by atoms with Gasteiger partial charge in [0.1, 0.15) is 17.5 Å². The highest BCUT2D eigenvalue weighted by Gasteiger charge is 2.31. The number of thiol groups is 1. The third-order valence-corrected chi connectivity index (χ3v) is 5.51. The highest BCUT2D eigenvalue weighted by atomic mass is 32.1. The van der Waals surface area contributed by atoms with Gasteiger partial charge in [-0.15, -0.1) is 0 Å². The van der Waals surface area contributed by atoms with E-state index in [2.05, 4.69) is 23.4 Å². The molecule has 0 heterocycles. The van der Waals surface area contributed by atoms with Gasteiger partial charge >= 0.3 is 6.03 Å². The normalized spacial score (nSPS) is 11.3. The Hall–Kier alpha value is -4.05. The number of methoxy groups -OCH3 is 1. The lowest BCUT2D eigenvalue weighted by atomic mass is 10.1. The largest absolute Gasteiger partial charge is 0.496 e. The van der Waals surface area contributed by atoms with Crippen LogP contribution < -0.4 is 15.4 Å². The zero-order chi connectivity index (χ0) is 24.8. The van der Waals surface area contributed by atoms with E-state index < -0.39 is 22.9 Å². The van der Waals surface area contributed by atoms with Crippen LogP contribution in [0.2, 0.25) is 0 Å². The molecule has 176 valence electrons. The van der Waals surface area contributed by atoms with E-state index in [0.29, 0.717) is 11.3 Å². The summed E-state index contributed by atoms with van der Waals surface area (Å²) in [6.07, 6.45) is 0. The maximum Gasteiger partial charge on any atom is 0.332 e. The molecule has 3 rings (SSSR count). The van der Waals surface area contributed by atoms with Gasteiger partial charge in [0.2, 0.25) is 0 Å². The molecule has 0 saturated heterocycles. The van der Waals surface area contributed by atoms with Crippen LogP contribution in [0.25, 0.3) is 0 Å². The fourth-order valence-electron chi connectivity index (χ4n) is 3.38. The first kappa shape index (κ1) is 24.6. The Balaban J connectivity index is 1.90. The minimum Gasteiger partial charge on any atom is -0.496 e. The lowest BCUT2D eigenvalue weighted by Crippen LogP contribution is -2.38. The average molecular weight is 481 g/mol. The number of aryl methyl sites for hydroxylation is 2. The number of urea groups is 1. The monoisotopic (exact) mass is 480 g/mol. The molecule has 0 aliphatic heterocycles. The summed E-state index contributed by atoms with van der Waals surface area (Å²) < 4.78 is 5.92. The predicted molar refractivity (Wildman–Crippen MR) is 133 cm³/mol. The summed E-state index contributed by atoms with van der Waals surface area (Å²) in [5.74, 6) is -0.227. The first-order valence-electron chi connectivity index (χ1n) is 10.3. The smallest absolute Gasteiger partial charge is 0.332 e. The Bertz CT molecular complexity index is 1220. The van der Waals surface area contributed by atoms with E-state index in [1.165, 1.54) is 25.3 Å². The molecule has 3 amide bonds. The zero-order valence-corrected chi connectivity index (χ0v) is 19.7. The van der Waals surface area contributed by atoms with E-state index in [-0.39, 0.29) is 17.1 Å². The van der Waals surface area contributed by atoms with Crippen LogP contribution in [-0.2, 0) is 4.79 Å². The summed E-state index contributed by atoms with van der Waals surface area (Å²) in [5.41, 5.74) is 2.61. The molecule has 9 nitrogen and oxygen atoms in total. The molecule has 3 aromatic carbocycles. The van der Waals surface area contributed by atoms with E-state index in [1.807, 2.05) is 26.0 Å². The SMILES string of the molecule is COc1ccc(NC(=O)N(S)C(C(=O)Nc2ccc(C)cc2C)c2ccccc2)c([N+](=O)[O-])c1. The number of amides is 3. The van der Waals surface area contributed by atoms with Gasteiger partial charge in [0, 0.05) is 5.69 Å². The molecule has 34 heavy (non-hydrogen) atoms. The predicted octanol–water partition coefficient (Wildman–Crippen LogP) is 5.28. The second-order valence-corrected chi connectivity index (χ2v) is 7.97. The van der Waals surface area contributed by atoms with Crippen LogP contribution in [0.5, 0.6) is 5.75 Å². The number of rotatable bonds is 7. The van der Waals surface area contributed by atoms with Crippen LogP contribution in [0.4, 0.5) is 21.9 Å². The first-order chi connectivity index (χ1) is 16.2. The number of nitro benzene ring substituents is 1. The highest BCUT2D eigenvalue weighted by molar-refractivity contribution is 7.78. The van der Waals surface area contributed by atoms with Gasteiger partial charge in [0.15, 0.2) is 0 Å². The van der Waals surface area contributed by atoms with Crippen molar-refractivity contribution in [3.05, 3.63) is 93.5 Å². The van der Waals surface area contributed by atoms with Crippen molar-refractivity contribution in [1.82, 2.24) is 4.31 Å². The summed E-state index contributed by atoms with van der Waals surface area (Å²) >= 11 is 4.30. The molecule has 1 unspecified atom stereocenters. The maximum atomic E-state index is 13.3. The first-order valence-corrected chi connectivity index (χ1v) is 10.7. The van der Waals surface area contributed by atoms with Gasteiger partial charge in [-0.1, -0.05) is 60.8 Å². The van der Waals surface area contributed by atoms with Crippen molar-refractivity contribution in [2.24, 2.45) is 0 Å². The Labute approximate surface area is 202 Å². The van der Waals surface area contributed by atoms with Crippen molar-refractivity contribution in [1.29, 1.82) is 0 Å². The Morgan fingerprint density at radius 1 is 1.00 bits per heavy atom. The molecule has 0 aliphatic rings. The molecular formula is C24H24N4O5S. The number of nitro groups is 1. The maximum absolute atomic E-state index is 13.3. The number of carbonyl (C=O) groups excluding carboxylic acids is 2. The van der Waals surface area contributed by atoms with Gasteiger partial charge in [-0.2, -0.15) is 0 Å². The van der Waals surface area contributed by atoms with Crippen molar-refractivity contribution in [3.63, 3.8) is 0 Å². The van der Waals surface area contributed by atoms with E-state index in [9.17, 15) is 19.7 Å². The molecule has 10 heteroatoms. The molecule has 0 radical (unpaired) electrons. The van der Waals surface area contributed by atoms with E-state index in [1.54, 1.807) is 36.4 Å². The van der Waals surface area contributed by atoms with E-state index >= 15 is 0 Å². The van der Waals surface area contributed by atoms with Gasteiger partial charge in [0.25, 0.3) is 11.6 Å². The number of anilines is 2. The van der Waals surface area contributed by atoms with Crippen LogP contribution in [0.15, 0.2) is 66.7 Å². The number of hydrogen-bond acceptors (Lipinski definition) is 6. The van der Waals surface area contributed by atoms with Gasteiger partial charge < -0.3 is 15.4 Å². The lowest BCUT2D eigenvalue weighted by molar-refractivity contribution is -0.384. The highest BCUT2D eigenvalue weighted by Crippen LogP contribution is 2.31. The lowest BCUT2D eigenvalue weighted by Gasteiger charge is -2.27.